The highest BCUT2D eigenvalue weighted by Gasteiger charge is 2.15. The van der Waals surface area contributed by atoms with Crippen LogP contribution in [0.1, 0.15) is 19.4 Å². The van der Waals surface area contributed by atoms with Crippen molar-refractivity contribution in [3.63, 3.8) is 0 Å². The molecule has 0 N–H and O–H groups in total. The summed E-state index contributed by atoms with van der Waals surface area (Å²) in [7, 11) is 0. The van der Waals surface area contributed by atoms with Gasteiger partial charge in [0.05, 0.1) is 12.6 Å². The van der Waals surface area contributed by atoms with E-state index in [2.05, 4.69) is 36.9 Å². The minimum Gasteiger partial charge on any atom is -0.285 e. The fourth-order valence-corrected chi connectivity index (χ4v) is 1.78. The van der Waals surface area contributed by atoms with Gasteiger partial charge in [0.2, 0.25) is 0 Å². The van der Waals surface area contributed by atoms with Crippen LogP contribution in [0.25, 0.3) is 0 Å². The fourth-order valence-electron chi connectivity index (χ4n) is 1.58. The van der Waals surface area contributed by atoms with Crippen LogP contribution in [0, 0.1) is 17.2 Å². The van der Waals surface area contributed by atoms with E-state index >= 15 is 0 Å². The highest BCUT2D eigenvalue weighted by Crippen LogP contribution is 2.13. The Kier molecular flexibility index (Phi) is 6.04. The summed E-state index contributed by atoms with van der Waals surface area (Å²) in [5.41, 5.74) is 1.22. The van der Waals surface area contributed by atoms with Crippen LogP contribution in [-0.2, 0) is 6.54 Å². The summed E-state index contributed by atoms with van der Waals surface area (Å²) in [6, 6.07) is 12.4. The second kappa shape index (κ2) is 7.32. The van der Waals surface area contributed by atoms with E-state index in [9.17, 15) is 0 Å². The maximum Gasteiger partial charge on any atom is 0.0869 e. The molecular formula is C14H19ClN2. The molecule has 0 unspecified atom stereocenters. The lowest BCUT2D eigenvalue weighted by atomic mass is 10.1. The maximum absolute atomic E-state index is 8.83. The number of halogens is 1. The normalized spacial score (nSPS) is 12.7. The van der Waals surface area contributed by atoms with Gasteiger partial charge in [-0.3, -0.25) is 4.90 Å². The topological polar surface area (TPSA) is 27.0 Å². The Hall–Kier alpha value is -1.04. The van der Waals surface area contributed by atoms with Gasteiger partial charge in [0, 0.05) is 18.5 Å². The van der Waals surface area contributed by atoms with E-state index in [1.165, 1.54) is 5.56 Å². The van der Waals surface area contributed by atoms with Crippen molar-refractivity contribution < 1.29 is 0 Å². The number of hydrogen-bond acceptors (Lipinski definition) is 2. The zero-order valence-corrected chi connectivity index (χ0v) is 11.2. The number of benzene rings is 1. The SMILES string of the molecule is CC(C)[C@@H](Cl)CN(CC#N)Cc1ccccc1. The quantitative estimate of drug-likeness (QED) is 0.572. The molecule has 0 amide bonds. The van der Waals surface area contributed by atoms with E-state index in [1.807, 2.05) is 18.2 Å². The lowest BCUT2D eigenvalue weighted by Crippen LogP contribution is -2.32. The van der Waals surface area contributed by atoms with Crippen molar-refractivity contribution in [3.05, 3.63) is 35.9 Å². The monoisotopic (exact) mass is 250 g/mol. The molecule has 92 valence electrons. The molecule has 0 aliphatic rings. The number of rotatable bonds is 6. The van der Waals surface area contributed by atoms with Crippen molar-refractivity contribution in [2.24, 2.45) is 5.92 Å². The van der Waals surface area contributed by atoms with E-state index in [-0.39, 0.29) is 5.38 Å². The molecule has 0 fully saturated rings. The summed E-state index contributed by atoms with van der Waals surface area (Å²) < 4.78 is 0. The van der Waals surface area contributed by atoms with Crippen LogP contribution >= 0.6 is 11.6 Å². The molecule has 17 heavy (non-hydrogen) atoms. The van der Waals surface area contributed by atoms with Crippen LogP contribution in [0.2, 0.25) is 0 Å². The van der Waals surface area contributed by atoms with Crippen molar-refractivity contribution in [2.75, 3.05) is 13.1 Å². The molecule has 0 saturated heterocycles. The molecule has 1 aromatic rings. The van der Waals surface area contributed by atoms with Crippen molar-refractivity contribution in [1.29, 1.82) is 5.26 Å². The summed E-state index contributed by atoms with van der Waals surface area (Å²) in [5, 5.41) is 8.92. The first-order chi connectivity index (χ1) is 8.13. The van der Waals surface area contributed by atoms with Gasteiger partial charge in [0.25, 0.3) is 0 Å². The molecule has 1 aromatic carbocycles. The third-order valence-electron chi connectivity index (χ3n) is 2.70. The van der Waals surface area contributed by atoms with Crippen LogP contribution in [0.3, 0.4) is 0 Å². The molecule has 2 nitrogen and oxygen atoms in total. The predicted molar refractivity (Wildman–Crippen MR) is 71.8 cm³/mol. The van der Waals surface area contributed by atoms with Gasteiger partial charge in [-0.25, -0.2) is 0 Å². The van der Waals surface area contributed by atoms with Gasteiger partial charge in [-0.1, -0.05) is 44.2 Å². The molecule has 0 bridgehead atoms. The Labute approximate surface area is 109 Å². The molecular weight excluding hydrogens is 232 g/mol. The number of nitrogens with zero attached hydrogens (tertiary/aromatic N) is 2. The van der Waals surface area contributed by atoms with Crippen molar-refractivity contribution in [3.8, 4) is 6.07 Å². The van der Waals surface area contributed by atoms with Gasteiger partial charge in [0.1, 0.15) is 0 Å². The maximum atomic E-state index is 8.83. The molecule has 0 aliphatic carbocycles. The van der Waals surface area contributed by atoms with Crippen LogP contribution < -0.4 is 0 Å². The van der Waals surface area contributed by atoms with Crippen LogP contribution in [0.15, 0.2) is 30.3 Å². The van der Waals surface area contributed by atoms with Gasteiger partial charge in [-0.15, -0.1) is 11.6 Å². The first kappa shape index (κ1) is 14.0. The van der Waals surface area contributed by atoms with E-state index < -0.39 is 0 Å². The molecule has 0 aromatic heterocycles. The summed E-state index contributed by atoms with van der Waals surface area (Å²) in [6.45, 7) is 6.16. The molecule has 0 spiro atoms. The van der Waals surface area contributed by atoms with E-state index in [1.54, 1.807) is 0 Å². The molecule has 0 radical (unpaired) electrons. The summed E-state index contributed by atoms with van der Waals surface area (Å²) in [5.74, 6) is 0.425. The second-order valence-corrected chi connectivity index (χ2v) is 5.13. The van der Waals surface area contributed by atoms with Gasteiger partial charge in [0.15, 0.2) is 0 Å². The van der Waals surface area contributed by atoms with E-state index in [0.717, 1.165) is 13.1 Å². The van der Waals surface area contributed by atoms with E-state index in [4.69, 9.17) is 16.9 Å². The predicted octanol–water partition coefficient (Wildman–Crippen LogP) is 3.28. The Balaban J connectivity index is 2.58. The molecule has 0 saturated carbocycles. The average molecular weight is 251 g/mol. The number of alkyl halides is 1. The first-order valence-electron chi connectivity index (χ1n) is 5.90. The minimum absolute atomic E-state index is 0.0899. The summed E-state index contributed by atoms with van der Waals surface area (Å²) >= 11 is 6.26. The smallest absolute Gasteiger partial charge is 0.0869 e. The van der Waals surface area contributed by atoms with Crippen LogP contribution in [-0.4, -0.2) is 23.4 Å². The zero-order chi connectivity index (χ0) is 12.7. The highest BCUT2D eigenvalue weighted by atomic mass is 35.5. The number of nitriles is 1. The molecule has 1 atom stereocenters. The van der Waals surface area contributed by atoms with Crippen LogP contribution in [0.4, 0.5) is 0 Å². The molecule has 1 rings (SSSR count). The third kappa shape index (κ3) is 5.21. The van der Waals surface area contributed by atoms with Crippen molar-refractivity contribution in [2.45, 2.75) is 25.8 Å². The van der Waals surface area contributed by atoms with E-state index in [0.29, 0.717) is 12.5 Å². The molecule has 0 heterocycles. The Morgan fingerprint density at radius 2 is 1.94 bits per heavy atom. The van der Waals surface area contributed by atoms with Gasteiger partial charge in [-0.2, -0.15) is 5.26 Å². The largest absolute Gasteiger partial charge is 0.285 e. The highest BCUT2D eigenvalue weighted by molar-refractivity contribution is 6.20. The van der Waals surface area contributed by atoms with Gasteiger partial charge in [-0.05, 0) is 11.5 Å². The fraction of sp³-hybridized carbons (Fsp3) is 0.500. The lowest BCUT2D eigenvalue weighted by Gasteiger charge is -2.24. The van der Waals surface area contributed by atoms with Crippen molar-refractivity contribution >= 4 is 11.6 Å². The van der Waals surface area contributed by atoms with Crippen LogP contribution in [0.5, 0.6) is 0 Å². The Morgan fingerprint density at radius 1 is 1.29 bits per heavy atom. The number of hydrogen-bond donors (Lipinski definition) is 0. The van der Waals surface area contributed by atoms with Gasteiger partial charge >= 0.3 is 0 Å². The Bertz CT molecular complexity index is 356. The average Bonchev–Trinajstić information content (AvgIpc) is 2.30. The van der Waals surface area contributed by atoms with Crippen molar-refractivity contribution in [1.82, 2.24) is 4.90 Å². The molecule has 3 heteroatoms. The summed E-state index contributed by atoms with van der Waals surface area (Å²) in [4.78, 5) is 2.09. The molecule has 0 aliphatic heterocycles. The standard InChI is InChI=1S/C14H19ClN2/c1-12(2)14(15)11-17(9-8-16)10-13-6-4-3-5-7-13/h3-7,12,14H,9-11H2,1-2H3/t14-/m0/s1. The Morgan fingerprint density at radius 3 is 2.47 bits per heavy atom. The zero-order valence-electron chi connectivity index (χ0n) is 10.4. The lowest BCUT2D eigenvalue weighted by molar-refractivity contribution is 0.281. The third-order valence-corrected chi connectivity index (χ3v) is 3.34. The minimum atomic E-state index is 0.0899. The van der Waals surface area contributed by atoms with Gasteiger partial charge < -0.3 is 0 Å². The first-order valence-corrected chi connectivity index (χ1v) is 6.34. The summed E-state index contributed by atoms with van der Waals surface area (Å²) in [6.07, 6.45) is 0. The second-order valence-electron chi connectivity index (χ2n) is 4.57.